The maximum absolute atomic E-state index is 13.8. The van der Waals surface area contributed by atoms with E-state index in [0.29, 0.717) is 26.1 Å². The number of carbonyl (C=O) groups is 1. The molecule has 0 radical (unpaired) electrons. The van der Waals surface area contributed by atoms with Crippen molar-refractivity contribution in [3.63, 3.8) is 0 Å². The van der Waals surface area contributed by atoms with Gasteiger partial charge in [-0.3, -0.25) is 4.79 Å². The van der Waals surface area contributed by atoms with Crippen LogP contribution in [0.2, 0.25) is 5.02 Å². The molecule has 1 aromatic carbocycles. The molecule has 0 aliphatic carbocycles. The Morgan fingerprint density at radius 2 is 2.11 bits per heavy atom. The van der Waals surface area contributed by atoms with E-state index >= 15 is 0 Å². The van der Waals surface area contributed by atoms with E-state index in [1.807, 2.05) is 0 Å². The van der Waals surface area contributed by atoms with E-state index in [-0.39, 0.29) is 16.4 Å². The highest BCUT2D eigenvalue weighted by Crippen LogP contribution is 2.30. The molecule has 0 saturated carbocycles. The Morgan fingerprint density at radius 3 is 2.67 bits per heavy atom. The predicted molar refractivity (Wildman–Crippen MR) is 65.5 cm³/mol. The van der Waals surface area contributed by atoms with Crippen molar-refractivity contribution < 1.29 is 18.7 Å². The zero-order chi connectivity index (χ0) is 13.2. The fourth-order valence-electron chi connectivity index (χ4n) is 2.14. The molecule has 1 fully saturated rings. The zero-order valence-corrected chi connectivity index (χ0v) is 10.8. The molecule has 2 rings (SSSR count). The largest absolute Gasteiger partial charge is 0.381 e. The van der Waals surface area contributed by atoms with Crippen LogP contribution in [0, 0.1) is 5.82 Å². The molecule has 1 heterocycles. The van der Waals surface area contributed by atoms with Gasteiger partial charge >= 0.3 is 0 Å². The van der Waals surface area contributed by atoms with E-state index in [4.69, 9.17) is 21.1 Å². The lowest BCUT2D eigenvalue weighted by Gasteiger charge is -2.34. The molecular weight excluding hydrogens is 259 g/mol. The highest BCUT2D eigenvalue weighted by atomic mass is 35.5. The Kier molecular flexibility index (Phi) is 4.00. The van der Waals surface area contributed by atoms with E-state index in [1.54, 1.807) is 0 Å². The molecule has 1 saturated heterocycles. The molecule has 1 aromatic rings. The summed E-state index contributed by atoms with van der Waals surface area (Å²) in [5.41, 5.74) is -0.962. The van der Waals surface area contributed by atoms with Crippen LogP contribution in [0.3, 0.4) is 0 Å². The van der Waals surface area contributed by atoms with Crippen LogP contribution in [0.1, 0.15) is 23.2 Å². The van der Waals surface area contributed by atoms with Crippen molar-refractivity contribution in [3.05, 3.63) is 34.6 Å². The highest BCUT2D eigenvalue weighted by molar-refractivity contribution is 6.30. The molecule has 18 heavy (non-hydrogen) atoms. The second kappa shape index (κ2) is 5.34. The second-order valence-corrected chi connectivity index (χ2v) is 4.70. The number of carbonyl (C=O) groups excluding carboxylic acids is 1. The minimum absolute atomic E-state index is 0.0168. The molecule has 1 aliphatic rings. The highest BCUT2D eigenvalue weighted by Gasteiger charge is 2.41. The van der Waals surface area contributed by atoms with Crippen molar-refractivity contribution >= 4 is 17.4 Å². The lowest BCUT2D eigenvalue weighted by Crippen LogP contribution is -2.46. The molecule has 3 nitrogen and oxygen atoms in total. The number of methoxy groups -OCH3 is 1. The van der Waals surface area contributed by atoms with Crippen molar-refractivity contribution in [2.75, 3.05) is 20.3 Å². The molecule has 0 unspecified atom stereocenters. The summed E-state index contributed by atoms with van der Waals surface area (Å²) in [6.07, 6.45) is 0.870. The van der Waals surface area contributed by atoms with Crippen LogP contribution in [-0.2, 0) is 9.47 Å². The normalized spacial score (nSPS) is 18.6. The van der Waals surface area contributed by atoms with Gasteiger partial charge in [-0.1, -0.05) is 11.6 Å². The van der Waals surface area contributed by atoms with Gasteiger partial charge in [-0.15, -0.1) is 0 Å². The standard InChI is InChI=1S/C13H14ClFO3/c1-17-13(4-6-18-7-5-13)12(16)10-3-2-9(14)8-11(10)15/h2-3,8H,4-7H2,1H3. The number of ether oxygens (including phenoxy) is 2. The number of halogens is 2. The Bertz CT molecular complexity index is 456. The smallest absolute Gasteiger partial charge is 0.197 e. The van der Waals surface area contributed by atoms with E-state index in [9.17, 15) is 9.18 Å². The van der Waals surface area contributed by atoms with Gasteiger partial charge in [0.2, 0.25) is 0 Å². The van der Waals surface area contributed by atoms with Crippen LogP contribution in [0.4, 0.5) is 4.39 Å². The predicted octanol–water partition coefficient (Wildman–Crippen LogP) is 2.86. The molecule has 0 N–H and O–H groups in total. The quantitative estimate of drug-likeness (QED) is 0.794. The summed E-state index contributed by atoms with van der Waals surface area (Å²) in [6.45, 7) is 0.879. The van der Waals surface area contributed by atoms with Gasteiger partial charge in [0.15, 0.2) is 5.78 Å². The van der Waals surface area contributed by atoms with Crippen molar-refractivity contribution in [1.29, 1.82) is 0 Å². The fraction of sp³-hybridized carbons (Fsp3) is 0.462. The Labute approximate surface area is 110 Å². The van der Waals surface area contributed by atoms with Crippen molar-refractivity contribution in [2.24, 2.45) is 0 Å². The SMILES string of the molecule is COC1(C(=O)c2ccc(Cl)cc2F)CCOCC1. The first-order chi connectivity index (χ1) is 8.59. The average Bonchev–Trinajstić information content (AvgIpc) is 2.39. The van der Waals surface area contributed by atoms with Crippen LogP contribution in [0.25, 0.3) is 0 Å². The number of benzene rings is 1. The molecular formula is C13H14ClFO3. The fourth-order valence-corrected chi connectivity index (χ4v) is 2.30. The molecule has 1 aliphatic heterocycles. The van der Waals surface area contributed by atoms with Gasteiger partial charge < -0.3 is 9.47 Å². The lowest BCUT2D eigenvalue weighted by molar-refractivity contribution is -0.0664. The minimum Gasteiger partial charge on any atom is -0.381 e. The number of hydrogen-bond donors (Lipinski definition) is 0. The molecule has 0 aromatic heterocycles. The topological polar surface area (TPSA) is 35.5 Å². The summed E-state index contributed by atoms with van der Waals surface area (Å²) in [4.78, 5) is 12.4. The third kappa shape index (κ3) is 2.41. The summed E-state index contributed by atoms with van der Waals surface area (Å²) in [5, 5.41) is 0.266. The maximum Gasteiger partial charge on any atom is 0.197 e. The van der Waals surface area contributed by atoms with Gasteiger partial charge in [-0.25, -0.2) is 4.39 Å². The average molecular weight is 273 g/mol. The first-order valence-electron chi connectivity index (χ1n) is 5.72. The summed E-state index contributed by atoms with van der Waals surface area (Å²) >= 11 is 5.67. The van der Waals surface area contributed by atoms with Gasteiger partial charge in [-0.05, 0) is 18.2 Å². The first-order valence-corrected chi connectivity index (χ1v) is 6.09. The van der Waals surface area contributed by atoms with Crippen LogP contribution >= 0.6 is 11.6 Å². The molecule has 98 valence electrons. The van der Waals surface area contributed by atoms with E-state index in [0.717, 1.165) is 6.07 Å². The molecule has 0 amide bonds. The lowest BCUT2D eigenvalue weighted by atomic mass is 9.85. The van der Waals surface area contributed by atoms with Gasteiger partial charge in [0.1, 0.15) is 11.4 Å². The number of rotatable bonds is 3. The summed E-state index contributed by atoms with van der Waals surface area (Å²) < 4.78 is 24.3. The van der Waals surface area contributed by atoms with Gasteiger partial charge in [0, 0.05) is 38.2 Å². The van der Waals surface area contributed by atoms with Crippen molar-refractivity contribution in [1.82, 2.24) is 0 Å². The third-order valence-electron chi connectivity index (χ3n) is 3.28. The van der Waals surface area contributed by atoms with E-state index in [2.05, 4.69) is 0 Å². The monoisotopic (exact) mass is 272 g/mol. The van der Waals surface area contributed by atoms with Crippen LogP contribution in [0.15, 0.2) is 18.2 Å². The van der Waals surface area contributed by atoms with Crippen molar-refractivity contribution in [3.8, 4) is 0 Å². The summed E-state index contributed by atoms with van der Waals surface area (Å²) in [5.74, 6) is -0.960. The Hall–Kier alpha value is -0.970. The second-order valence-electron chi connectivity index (χ2n) is 4.26. The number of Topliss-reactive ketones (excluding diaryl/α,β-unsaturated/α-hetero) is 1. The van der Waals surface area contributed by atoms with Crippen LogP contribution in [-0.4, -0.2) is 31.7 Å². The van der Waals surface area contributed by atoms with Gasteiger partial charge in [0.25, 0.3) is 0 Å². The number of ketones is 1. The summed E-state index contributed by atoms with van der Waals surface area (Å²) in [6, 6.07) is 4.04. The molecule has 0 atom stereocenters. The van der Waals surface area contributed by atoms with Gasteiger partial charge in [-0.2, -0.15) is 0 Å². The van der Waals surface area contributed by atoms with Crippen LogP contribution < -0.4 is 0 Å². The Morgan fingerprint density at radius 1 is 1.44 bits per heavy atom. The molecule has 0 spiro atoms. The van der Waals surface area contributed by atoms with E-state index in [1.165, 1.54) is 19.2 Å². The zero-order valence-electron chi connectivity index (χ0n) is 10.0. The van der Waals surface area contributed by atoms with Gasteiger partial charge in [0.05, 0.1) is 5.56 Å². The molecule has 5 heteroatoms. The van der Waals surface area contributed by atoms with Crippen molar-refractivity contribution in [2.45, 2.75) is 18.4 Å². The number of hydrogen-bond acceptors (Lipinski definition) is 3. The maximum atomic E-state index is 13.8. The van der Waals surface area contributed by atoms with E-state index < -0.39 is 11.4 Å². The summed E-state index contributed by atoms with van der Waals surface area (Å²) in [7, 11) is 1.47. The Balaban J connectivity index is 2.33. The molecule has 0 bridgehead atoms. The minimum atomic E-state index is -0.979. The third-order valence-corrected chi connectivity index (χ3v) is 3.52. The van der Waals surface area contributed by atoms with Crippen LogP contribution in [0.5, 0.6) is 0 Å². The first kappa shape index (κ1) is 13.5.